The quantitative estimate of drug-likeness (QED) is 0.311. The highest BCUT2D eigenvalue weighted by Crippen LogP contribution is 2.30. The number of halogens is 2. The van der Waals surface area contributed by atoms with Gasteiger partial charge in [-0.1, -0.05) is 28.9 Å². The van der Waals surface area contributed by atoms with E-state index < -0.39 is 0 Å². The van der Waals surface area contributed by atoms with Crippen LogP contribution in [0.1, 0.15) is 5.56 Å². The summed E-state index contributed by atoms with van der Waals surface area (Å²) in [6, 6.07) is 12.1. The summed E-state index contributed by atoms with van der Waals surface area (Å²) in [6.45, 7) is 0.235. The zero-order valence-corrected chi connectivity index (χ0v) is 17.7. The largest absolute Gasteiger partial charge is 0.363 e. The van der Waals surface area contributed by atoms with Crippen molar-refractivity contribution in [1.29, 1.82) is 0 Å². The van der Waals surface area contributed by atoms with Gasteiger partial charge in [0.2, 0.25) is 0 Å². The first kappa shape index (κ1) is 19.4. The number of anilines is 1. The van der Waals surface area contributed by atoms with Crippen molar-refractivity contribution in [2.24, 2.45) is 0 Å². The number of fused-ring (bicyclic) bond motifs is 2. The molecule has 0 bridgehead atoms. The van der Waals surface area contributed by atoms with Crippen LogP contribution in [0.15, 0.2) is 65.6 Å². The number of hydrogen-bond acceptors (Lipinski definition) is 6. The molecule has 0 fully saturated rings. The molecule has 2 aromatic carbocycles. The molecular formula is C23H15ClFN7O. The molecule has 0 saturated heterocycles. The summed E-state index contributed by atoms with van der Waals surface area (Å²) in [7, 11) is 0. The molecule has 4 heterocycles. The van der Waals surface area contributed by atoms with Gasteiger partial charge >= 0.3 is 0 Å². The van der Waals surface area contributed by atoms with Gasteiger partial charge in [-0.05, 0) is 35.9 Å². The van der Waals surface area contributed by atoms with Crippen LogP contribution in [0.3, 0.4) is 0 Å². The Morgan fingerprint density at radius 3 is 2.88 bits per heavy atom. The van der Waals surface area contributed by atoms with E-state index in [0.717, 1.165) is 16.5 Å². The van der Waals surface area contributed by atoms with Crippen LogP contribution in [0.25, 0.3) is 44.6 Å². The van der Waals surface area contributed by atoms with Crippen LogP contribution in [0.5, 0.6) is 0 Å². The van der Waals surface area contributed by atoms with Crippen LogP contribution in [-0.2, 0) is 6.54 Å². The van der Waals surface area contributed by atoms with Crippen LogP contribution in [0.2, 0.25) is 5.02 Å². The molecule has 33 heavy (non-hydrogen) atoms. The monoisotopic (exact) mass is 459 g/mol. The molecule has 6 rings (SSSR count). The van der Waals surface area contributed by atoms with E-state index in [1.165, 1.54) is 6.07 Å². The summed E-state index contributed by atoms with van der Waals surface area (Å²) in [5.41, 5.74) is 4.66. The van der Waals surface area contributed by atoms with Crippen LogP contribution < -0.4 is 5.32 Å². The predicted molar refractivity (Wildman–Crippen MR) is 123 cm³/mol. The second-order valence-electron chi connectivity index (χ2n) is 7.46. The molecule has 3 N–H and O–H groups in total. The van der Waals surface area contributed by atoms with E-state index in [1.807, 2.05) is 12.1 Å². The maximum Gasteiger partial charge on any atom is 0.177 e. The molecule has 0 atom stereocenters. The summed E-state index contributed by atoms with van der Waals surface area (Å²) >= 11 is 6.06. The van der Waals surface area contributed by atoms with Crippen molar-refractivity contribution in [2.75, 3.05) is 5.32 Å². The minimum Gasteiger partial charge on any atom is -0.363 e. The van der Waals surface area contributed by atoms with Gasteiger partial charge in [0.05, 0.1) is 17.1 Å². The number of imidazole rings is 1. The van der Waals surface area contributed by atoms with Crippen molar-refractivity contribution < 1.29 is 8.91 Å². The highest BCUT2D eigenvalue weighted by molar-refractivity contribution is 6.31. The Bertz CT molecular complexity index is 1610. The Morgan fingerprint density at radius 2 is 2.03 bits per heavy atom. The highest BCUT2D eigenvalue weighted by atomic mass is 35.5. The molecule has 0 aliphatic rings. The lowest BCUT2D eigenvalue weighted by atomic mass is 10.0. The van der Waals surface area contributed by atoms with Crippen molar-refractivity contribution in [2.45, 2.75) is 6.54 Å². The van der Waals surface area contributed by atoms with Crippen molar-refractivity contribution in [3.63, 3.8) is 0 Å². The van der Waals surface area contributed by atoms with Crippen LogP contribution in [0, 0.1) is 5.82 Å². The number of rotatable bonds is 5. The number of hydrogen-bond donors (Lipinski definition) is 3. The number of H-pyrrole nitrogens is 2. The maximum absolute atomic E-state index is 15.0. The number of benzene rings is 2. The van der Waals surface area contributed by atoms with Crippen molar-refractivity contribution in [3.05, 3.63) is 77.5 Å². The molecule has 10 heteroatoms. The lowest BCUT2D eigenvalue weighted by Gasteiger charge is -2.08. The molecule has 162 valence electrons. The van der Waals surface area contributed by atoms with E-state index in [-0.39, 0.29) is 12.4 Å². The van der Waals surface area contributed by atoms with E-state index in [4.69, 9.17) is 16.1 Å². The fraction of sp³-hybridized carbons (Fsp3) is 0.0435. The molecule has 4 aromatic heterocycles. The molecule has 0 amide bonds. The fourth-order valence-electron chi connectivity index (χ4n) is 3.74. The number of nitrogens with zero attached hydrogens (tertiary/aromatic N) is 4. The smallest absolute Gasteiger partial charge is 0.177 e. The fourth-order valence-corrected chi connectivity index (χ4v) is 3.91. The van der Waals surface area contributed by atoms with Gasteiger partial charge in [-0.25, -0.2) is 14.4 Å². The molecular weight excluding hydrogens is 445 g/mol. The minimum absolute atomic E-state index is 0.235. The Hall–Kier alpha value is -4.24. The summed E-state index contributed by atoms with van der Waals surface area (Å²) in [4.78, 5) is 12.2. The topological polar surface area (TPSA) is 108 Å². The van der Waals surface area contributed by atoms with Gasteiger partial charge in [0.15, 0.2) is 17.0 Å². The van der Waals surface area contributed by atoms with Crippen LogP contribution in [0.4, 0.5) is 10.2 Å². The molecule has 0 aliphatic heterocycles. The van der Waals surface area contributed by atoms with Gasteiger partial charge in [0, 0.05) is 35.1 Å². The predicted octanol–water partition coefficient (Wildman–Crippen LogP) is 5.56. The first-order chi connectivity index (χ1) is 16.2. The van der Waals surface area contributed by atoms with Crippen molar-refractivity contribution in [1.82, 2.24) is 30.3 Å². The average molecular weight is 460 g/mol. The standard InChI is InChI=1S/C23H15ClFN7O/c24-15-3-4-19-17(8-15)22(32-33-19)27-9-13-2-1-12(7-18(13)25)16-5-6-26-23-20(16)30-21(31-23)14-10-28-29-11-14/h1-8,10-11H,9H2,(H,27,32)(H,28,29)(H,26,30,31). The summed E-state index contributed by atoms with van der Waals surface area (Å²) < 4.78 is 20.3. The van der Waals surface area contributed by atoms with Crippen molar-refractivity contribution in [3.8, 4) is 22.5 Å². The van der Waals surface area contributed by atoms with Crippen LogP contribution in [-0.4, -0.2) is 30.3 Å². The second-order valence-corrected chi connectivity index (χ2v) is 7.90. The van der Waals surface area contributed by atoms with E-state index >= 15 is 4.39 Å². The summed E-state index contributed by atoms with van der Waals surface area (Å²) in [5.74, 6) is 0.802. The van der Waals surface area contributed by atoms with Gasteiger partial charge in [-0.2, -0.15) is 5.10 Å². The van der Waals surface area contributed by atoms with Gasteiger partial charge in [0.25, 0.3) is 0 Å². The normalized spacial score (nSPS) is 11.5. The average Bonchev–Trinajstić information content (AvgIpc) is 3.57. The molecule has 0 spiro atoms. The molecule has 8 nitrogen and oxygen atoms in total. The van der Waals surface area contributed by atoms with Gasteiger partial charge in [-0.3, -0.25) is 5.10 Å². The third kappa shape index (κ3) is 3.48. The second kappa shape index (κ2) is 7.72. The highest BCUT2D eigenvalue weighted by Gasteiger charge is 2.14. The molecule has 0 aliphatic carbocycles. The van der Waals surface area contributed by atoms with Gasteiger partial charge in [-0.15, -0.1) is 0 Å². The zero-order valence-electron chi connectivity index (χ0n) is 16.9. The number of pyridine rings is 1. The lowest BCUT2D eigenvalue weighted by Crippen LogP contribution is -2.02. The Balaban J connectivity index is 1.29. The summed E-state index contributed by atoms with van der Waals surface area (Å²) in [6.07, 6.45) is 5.08. The zero-order chi connectivity index (χ0) is 22.4. The lowest BCUT2D eigenvalue weighted by molar-refractivity contribution is 0.459. The summed E-state index contributed by atoms with van der Waals surface area (Å²) in [5, 5.41) is 15.2. The SMILES string of the molecule is Fc1cc(-c2ccnc3[nH]c(-c4cn[nH]c4)nc23)ccc1CNc1noc2ccc(Cl)cc12. The van der Waals surface area contributed by atoms with Gasteiger partial charge in [0.1, 0.15) is 17.2 Å². The molecule has 0 radical (unpaired) electrons. The number of aromatic amines is 2. The third-order valence-electron chi connectivity index (χ3n) is 5.40. The maximum atomic E-state index is 15.0. The number of aromatic nitrogens is 6. The van der Waals surface area contributed by atoms with E-state index in [9.17, 15) is 0 Å². The first-order valence-corrected chi connectivity index (χ1v) is 10.4. The third-order valence-corrected chi connectivity index (χ3v) is 5.63. The van der Waals surface area contributed by atoms with E-state index in [1.54, 1.807) is 42.9 Å². The Labute approximate surface area is 190 Å². The Kier molecular flexibility index (Phi) is 4.55. The Morgan fingerprint density at radius 1 is 1.09 bits per heavy atom. The number of nitrogens with one attached hydrogen (secondary N) is 3. The van der Waals surface area contributed by atoms with E-state index in [2.05, 4.69) is 35.6 Å². The molecule has 0 saturated carbocycles. The van der Waals surface area contributed by atoms with E-state index in [0.29, 0.717) is 44.5 Å². The molecule has 6 aromatic rings. The van der Waals surface area contributed by atoms with Crippen LogP contribution >= 0.6 is 11.6 Å². The van der Waals surface area contributed by atoms with Gasteiger partial charge < -0.3 is 14.8 Å². The molecule has 0 unspecified atom stereocenters. The first-order valence-electron chi connectivity index (χ1n) is 10.1. The van der Waals surface area contributed by atoms with Crippen molar-refractivity contribution >= 4 is 39.6 Å². The minimum atomic E-state index is -0.346.